The molecule has 0 aliphatic carbocycles. The summed E-state index contributed by atoms with van der Waals surface area (Å²) in [5.41, 5.74) is 8.24. The van der Waals surface area contributed by atoms with Crippen LogP contribution >= 0.6 is 0 Å². The number of hydrogen-bond donors (Lipinski definition) is 2. The zero-order valence-electron chi connectivity index (χ0n) is 14.2. The van der Waals surface area contributed by atoms with E-state index in [0.717, 1.165) is 18.5 Å². The van der Waals surface area contributed by atoms with Gasteiger partial charge in [-0.05, 0) is 17.0 Å². The molecule has 1 aromatic carbocycles. The molecule has 1 aromatic heterocycles. The Bertz CT molecular complexity index is 633. The molecule has 0 saturated heterocycles. The van der Waals surface area contributed by atoms with Crippen molar-refractivity contribution in [2.45, 2.75) is 39.4 Å². The van der Waals surface area contributed by atoms with Gasteiger partial charge in [0, 0.05) is 6.54 Å². The third-order valence-corrected chi connectivity index (χ3v) is 4.24. The monoisotopic (exact) mass is 315 g/mol. The summed E-state index contributed by atoms with van der Waals surface area (Å²) >= 11 is 0. The van der Waals surface area contributed by atoms with Crippen molar-refractivity contribution in [2.24, 2.45) is 18.7 Å². The second-order valence-corrected chi connectivity index (χ2v) is 6.20. The van der Waals surface area contributed by atoms with Crippen LogP contribution in [0.5, 0.6) is 0 Å². The Kier molecular flexibility index (Phi) is 5.93. The van der Waals surface area contributed by atoms with Gasteiger partial charge in [0.05, 0.1) is 13.1 Å². The van der Waals surface area contributed by atoms with Crippen LogP contribution in [0.1, 0.15) is 31.4 Å². The third kappa shape index (κ3) is 4.93. The van der Waals surface area contributed by atoms with Gasteiger partial charge < -0.3 is 11.1 Å². The van der Waals surface area contributed by atoms with E-state index in [0.29, 0.717) is 6.54 Å². The number of nitrogens with two attached hydrogens (primary N) is 1. The van der Waals surface area contributed by atoms with Crippen molar-refractivity contribution >= 4 is 5.91 Å². The number of amides is 1. The second-order valence-electron chi connectivity index (χ2n) is 6.20. The maximum absolute atomic E-state index is 12.0. The predicted molar refractivity (Wildman–Crippen MR) is 90.4 cm³/mol. The highest BCUT2D eigenvalue weighted by atomic mass is 16.2. The molecule has 1 heterocycles. The van der Waals surface area contributed by atoms with Gasteiger partial charge in [-0.25, -0.2) is 9.13 Å². The first-order chi connectivity index (χ1) is 11.0. The van der Waals surface area contributed by atoms with E-state index in [1.165, 1.54) is 5.56 Å². The minimum atomic E-state index is -0.436. The van der Waals surface area contributed by atoms with E-state index >= 15 is 0 Å². The minimum absolute atomic E-state index is 0.0803. The number of carbonyl (C=O) groups excluding carboxylic acids is 1. The van der Waals surface area contributed by atoms with Crippen molar-refractivity contribution in [1.82, 2.24) is 9.88 Å². The lowest BCUT2D eigenvalue weighted by Gasteiger charge is -2.17. The molecule has 5 heteroatoms. The van der Waals surface area contributed by atoms with E-state index in [2.05, 4.69) is 22.0 Å². The first-order valence-corrected chi connectivity index (χ1v) is 8.11. The fourth-order valence-corrected chi connectivity index (χ4v) is 2.39. The number of carbonyl (C=O) groups is 1. The normalized spacial score (nSPS) is 13.6. The largest absolute Gasteiger partial charge is 0.351 e. The van der Waals surface area contributed by atoms with Gasteiger partial charge in [0.25, 0.3) is 0 Å². The van der Waals surface area contributed by atoms with E-state index in [-0.39, 0.29) is 11.8 Å². The lowest BCUT2D eigenvalue weighted by Crippen LogP contribution is -2.44. The van der Waals surface area contributed by atoms with Crippen LogP contribution in [-0.2, 0) is 24.9 Å². The average Bonchev–Trinajstić information content (AvgIpc) is 2.97. The maximum Gasteiger partial charge on any atom is 0.243 e. The van der Waals surface area contributed by atoms with E-state index in [4.69, 9.17) is 5.73 Å². The van der Waals surface area contributed by atoms with Crippen LogP contribution in [0.25, 0.3) is 0 Å². The predicted octanol–water partition coefficient (Wildman–Crippen LogP) is 1.35. The second kappa shape index (κ2) is 7.92. The Morgan fingerprint density at radius 3 is 2.52 bits per heavy atom. The molecule has 3 N–H and O–H groups in total. The first kappa shape index (κ1) is 17.2. The van der Waals surface area contributed by atoms with Crippen LogP contribution in [0, 0.1) is 5.92 Å². The Morgan fingerprint density at radius 1 is 1.30 bits per heavy atom. The summed E-state index contributed by atoms with van der Waals surface area (Å²) in [6, 6.07) is 7.85. The first-order valence-electron chi connectivity index (χ1n) is 8.11. The summed E-state index contributed by atoms with van der Waals surface area (Å²) in [5, 5.41) is 2.91. The molecule has 124 valence electrons. The number of imidazole rings is 1. The van der Waals surface area contributed by atoms with Gasteiger partial charge in [-0.15, -0.1) is 0 Å². The molecular formula is C18H27N4O+. The van der Waals surface area contributed by atoms with Gasteiger partial charge in [-0.2, -0.15) is 0 Å². The Morgan fingerprint density at radius 2 is 1.96 bits per heavy atom. The molecular weight excluding hydrogens is 288 g/mol. The van der Waals surface area contributed by atoms with Crippen molar-refractivity contribution in [3.63, 3.8) is 0 Å². The molecule has 0 radical (unpaired) electrons. The topological polar surface area (TPSA) is 63.9 Å². The third-order valence-electron chi connectivity index (χ3n) is 4.24. The van der Waals surface area contributed by atoms with E-state index in [9.17, 15) is 4.79 Å². The summed E-state index contributed by atoms with van der Waals surface area (Å²) in [5.74, 6) is 0.114. The van der Waals surface area contributed by atoms with Crippen LogP contribution in [0.15, 0.2) is 43.0 Å². The highest BCUT2D eigenvalue weighted by Crippen LogP contribution is 2.08. The molecule has 0 saturated carbocycles. The van der Waals surface area contributed by atoms with E-state index in [1.54, 1.807) is 0 Å². The van der Waals surface area contributed by atoms with Gasteiger partial charge in [0.1, 0.15) is 18.9 Å². The van der Waals surface area contributed by atoms with Crippen molar-refractivity contribution in [3.8, 4) is 0 Å². The van der Waals surface area contributed by atoms with Crippen LogP contribution in [-0.4, -0.2) is 16.5 Å². The minimum Gasteiger partial charge on any atom is -0.351 e. The fraction of sp³-hybridized carbons (Fsp3) is 0.444. The van der Waals surface area contributed by atoms with Gasteiger partial charge in [0.15, 0.2) is 0 Å². The standard InChI is InChI=1S/C18H26N4O/c1-4-14(2)17(19)18(23)20-11-15-5-7-16(8-6-15)12-22-10-9-21(3)13-22/h5-10,13-14,17H,4,11-12,19H2,1-3H3/p+1/t14-,17-/m0/s1. The van der Waals surface area contributed by atoms with E-state index in [1.807, 2.05) is 56.3 Å². The van der Waals surface area contributed by atoms with Crippen molar-refractivity contribution < 1.29 is 9.36 Å². The summed E-state index contributed by atoms with van der Waals surface area (Å²) < 4.78 is 4.15. The molecule has 2 rings (SSSR count). The molecule has 0 unspecified atom stereocenters. The number of benzene rings is 1. The molecule has 0 bridgehead atoms. The molecule has 2 aromatic rings. The van der Waals surface area contributed by atoms with Gasteiger partial charge in [-0.3, -0.25) is 4.79 Å². The molecule has 0 aliphatic rings. The quantitative estimate of drug-likeness (QED) is 0.758. The number of hydrogen-bond acceptors (Lipinski definition) is 2. The number of aryl methyl sites for hydroxylation is 1. The smallest absolute Gasteiger partial charge is 0.243 e. The summed E-state index contributed by atoms with van der Waals surface area (Å²) in [7, 11) is 2.01. The Hall–Kier alpha value is -2.14. The number of nitrogens with zero attached hydrogens (tertiary/aromatic N) is 2. The average molecular weight is 315 g/mol. The van der Waals surface area contributed by atoms with E-state index < -0.39 is 6.04 Å². The lowest BCUT2D eigenvalue weighted by molar-refractivity contribution is -0.671. The van der Waals surface area contributed by atoms with Gasteiger partial charge >= 0.3 is 0 Å². The molecule has 23 heavy (non-hydrogen) atoms. The SMILES string of the molecule is CC[C@H](C)[C@H](N)C(=O)NCc1ccc(Cn2cc[n+](C)c2)cc1. The van der Waals surface area contributed by atoms with Gasteiger partial charge in [-0.1, -0.05) is 44.5 Å². The fourth-order valence-electron chi connectivity index (χ4n) is 2.39. The molecule has 1 amide bonds. The maximum atomic E-state index is 12.0. The highest BCUT2D eigenvalue weighted by Gasteiger charge is 2.18. The molecule has 0 spiro atoms. The number of aromatic nitrogens is 2. The number of nitrogens with one attached hydrogen (secondary N) is 1. The lowest BCUT2D eigenvalue weighted by atomic mass is 9.99. The summed E-state index contributed by atoms with van der Waals surface area (Å²) in [4.78, 5) is 12.0. The highest BCUT2D eigenvalue weighted by molar-refractivity contribution is 5.81. The molecule has 2 atom stereocenters. The molecule has 5 nitrogen and oxygen atoms in total. The van der Waals surface area contributed by atoms with Crippen LogP contribution in [0.3, 0.4) is 0 Å². The molecule has 0 aliphatic heterocycles. The van der Waals surface area contributed by atoms with Crippen molar-refractivity contribution in [1.29, 1.82) is 0 Å². The van der Waals surface area contributed by atoms with Gasteiger partial charge in [0.2, 0.25) is 12.2 Å². The zero-order valence-corrected chi connectivity index (χ0v) is 14.2. The Balaban J connectivity index is 1.86. The zero-order chi connectivity index (χ0) is 16.8. The van der Waals surface area contributed by atoms with Crippen molar-refractivity contribution in [2.75, 3.05) is 0 Å². The Labute approximate surface area is 138 Å². The number of rotatable bonds is 7. The van der Waals surface area contributed by atoms with Crippen LogP contribution < -0.4 is 15.6 Å². The summed E-state index contributed by atoms with van der Waals surface area (Å²) in [6.45, 7) is 5.40. The van der Waals surface area contributed by atoms with Crippen LogP contribution in [0.4, 0.5) is 0 Å². The van der Waals surface area contributed by atoms with Crippen LogP contribution in [0.2, 0.25) is 0 Å². The van der Waals surface area contributed by atoms with Crippen molar-refractivity contribution in [3.05, 3.63) is 54.1 Å². The molecule has 0 fully saturated rings. The summed E-state index contributed by atoms with van der Waals surface area (Å²) in [6.07, 6.45) is 7.01.